The Morgan fingerprint density at radius 1 is 1.47 bits per heavy atom. The minimum atomic E-state index is -0.410. The van der Waals surface area contributed by atoms with E-state index in [2.05, 4.69) is 17.6 Å². The first-order valence-corrected chi connectivity index (χ1v) is 6.85. The van der Waals surface area contributed by atoms with E-state index in [9.17, 15) is 4.79 Å². The number of ether oxygens (including phenoxy) is 2. The maximum atomic E-state index is 11.9. The van der Waals surface area contributed by atoms with Gasteiger partial charge in [0, 0.05) is 12.6 Å². The van der Waals surface area contributed by atoms with Crippen molar-refractivity contribution in [2.45, 2.75) is 39.3 Å². The van der Waals surface area contributed by atoms with E-state index in [1.54, 1.807) is 6.92 Å². The molecule has 1 amide bonds. The predicted octanol–water partition coefficient (Wildman–Crippen LogP) is 0.964. The fourth-order valence-corrected chi connectivity index (χ4v) is 2.03. The topological polar surface area (TPSA) is 59.6 Å². The number of hydrogen-bond acceptors (Lipinski definition) is 4. The molecule has 1 saturated heterocycles. The monoisotopic (exact) mass is 294 g/mol. The zero-order valence-corrected chi connectivity index (χ0v) is 12.9. The molecule has 6 heteroatoms. The van der Waals surface area contributed by atoms with Gasteiger partial charge in [-0.25, -0.2) is 0 Å². The Hall–Kier alpha value is -0.360. The molecule has 1 aliphatic heterocycles. The van der Waals surface area contributed by atoms with Gasteiger partial charge < -0.3 is 20.1 Å². The van der Waals surface area contributed by atoms with Gasteiger partial charge in [-0.2, -0.15) is 0 Å². The molecule has 3 unspecified atom stereocenters. The van der Waals surface area contributed by atoms with E-state index < -0.39 is 6.10 Å². The predicted molar refractivity (Wildman–Crippen MR) is 77.7 cm³/mol. The van der Waals surface area contributed by atoms with E-state index in [1.165, 1.54) is 0 Å². The second kappa shape index (κ2) is 10.4. The standard InChI is InChI=1S/C13H26N2O3.ClH/c1-4-17-7-8-18-11(3)13(16)15-12-5-6-14-9-10(12)2;/h10-12,14H,4-9H2,1-3H3,(H,15,16);1H. The van der Waals surface area contributed by atoms with Gasteiger partial charge in [0.15, 0.2) is 0 Å². The molecule has 0 spiro atoms. The number of amides is 1. The molecular formula is C13H27ClN2O3. The molecule has 0 aromatic carbocycles. The fourth-order valence-electron chi connectivity index (χ4n) is 2.03. The van der Waals surface area contributed by atoms with Crippen LogP contribution >= 0.6 is 12.4 Å². The number of carbonyl (C=O) groups excluding carboxylic acids is 1. The molecule has 3 atom stereocenters. The molecule has 0 aromatic heterocycles. The van der Waals surface area contributed by atoms with Crippen LogP contribution in [0, 0.1) is 5.92 Å². The zero-order valence-electron chi connectivity index (χ0n) is 12.1. The summed E-state index contributed by atoms with van der Waals surface area (Å²) in [5.74, 6) is 0.448. The molecule has 2 N–H and O–H groups in total. The largest absolute Gasteiger partial charge is 0.379 e. The van der Waals surface area contributed by atoms with Crippen LogP contribution in [0.15, 0.2) is 0 Å². The Labute approximate surface area is 122 Å². The minimum absolute atomic E-state index is 0. The molecule has 19 heavy (non-hydrogen) atoms. The van der Waals surface area contributed by atoms with Crippen LogP contribution in [0.2, 0.25) is 0 Å². The van der Waals surface area contributed by atoms with Crippen LogP contribution in [-0.4, -0.2) is 51.0 Å². The van der Waals surface area contributed by atoms with Crippen LogP contribution in [0.5, 0.6) is 0 Å². The van der Waals surface area contributed by atoms with Gasteiger partial charge >= 0.3 is 0 Å². The fraction of sp³-hybridized carbons (Fsp3) is 0.923. The summed E-state index contributed by atoms with van der Waals surface area (Å²) >= 11 is 0. The molecule has 1 aliphatic rings. The second-order valence-electron chi connectivity index (χ2n) is 4.80. The lowest BCUT2D eigenvalue weighted by atomic mass is 9.95. The summed E-state index contributed by atoms with van der Waals surface area (Å²) in [4.78, 5) is 11.9. The SMILES string of the molecule is CCOCCOC(C)C(=O)NC1CCNCC1C.Cl. The summed E-state index contributed by atoms with van der Waals surface area (Å²) in [6.07, 6.45) is 0.575. The Bertz CT molecular complexity index is 254. The third-order valence-corrected chi connectivity index (χ3v) is 3.28. The number of halogens is 1. The quantitative estimate of drug-likeness (QED) is 0.687. The Morgan fingerprint density at radius 3 is 2.84 bits per heavy atom. The average molecular weight is 295 g/mol. The molecule has 0 saturated carbocycles. The van der Waals surface area contributed by atoms with Crippen molar-refractivity contribution in [2.24, 2.45) is 5.92 Å². The molecular weight excluding hydrogens is 268 g/mol. The lowest BCUT2D eigenvalue weighted by Crippen LogP contribution is -2.50. The Balaban J connectivity index is 0.00000324. The van der Waals surface area contributed by atoms with E-state index in [0.717, 1.165) is 19.5 Å². The van der Waals surface area contributed by atoms with Crippen LogP contribution in [0.3, 0.4) is 0 Å². The van der Waals surface area contributed by atoms with Gasteiger partial charge in [0.2, 0.25) is 5.91 Å². The van der Waals surface area contributed by atoms with Gasteiger partial charge in [0.25, 0.3) is 0 Å². The molecule has 0 bridgehead atoms. The molecule has 1 heterocycles. The smallest absolute Gasteiger partial charge is 0.249 e. The van der Waals surface area contributed by atoms with Crippen molar-refractivity contribution in [1.82, 2.24) is 10.6 Å². The molecule has 0 aliphatic carbocycles. The molecule has 1 rings (SSSR count). The van der Waals surface area contributed by atoms with Crippen LogP contribution in [0.4, 0.5) is 0 Å². The maximum Gasteiger partial charge on any atom is 0.249 e. The van der Waals surface area contributed by atoms with Crippen molar-refractivity contribution in [3.8, 4) is 0 Å². The highest BCUT2D eigenvalue weighted by molar-refractivity contribution is 5.85. The first kappa shape index (κ1) is 18.6. The Kier molecular flexibility index (Phi) is 10.2. The Morgan fingerprint density at radius 2 is 2.21 bits per heavy atom. The zero-order chi connectivity index (χ0) is 13.4. The maximum absolute atomic E-state index is 11.9. The van der Waals surface area contributed by atoms with E-state index in [1.807, 2.05) is 6.92 Å². The highest BCUT2D eigenvalue weighted by Gasteiger charge is 2.24. The molecule has 1 fully saturated rings. The molecule has 5 nitrogen and oxygen atoms in total. The first-order chi connectivity index (χ1) is 8.65. The van der Waals surface area contributed by atoms with E-state index in [-0.39, 0.29) is 24.4 Å². The van der Waals surface area contributed by atoms with Gasteiger partial charge in [-0.1, -0.05) is 6.92 Å². The van der Waals surface area contributed by atoms with E-state index >= 15 is 0 Å². The van der Waals surface area contributed by atoms with Crippen LogP contribution in [0.1, 0.15) is 27.2 Å². The number of carbonyl (C=O) groups is 1. The van der Waals surface area contributed by atoms with Crippen molar-refractivity contribution in [1.29, 1.82) is 0 Å². The summed E-state index contributed by atoms with van der Waals surface area (Å²) < 4.78 is 10.6. The summed E-state index contributed by atoms with van der Waals surface area (Å²) in [7, 11) is 0. The molecule has 114 valence electrons. The third-order valence-electron chi connectivity index (χ3n) is 3.28. The molecule has 0 radical (unpaired) electrons. The number of nitrogens with one attached hydrogen (secondary N) is 2. The highest BCUT2D eigenvalue weighted by atomic mass is 35.5. The summed E-state index contributed by atoms with van der Waals surface area (Å²) in [6.45, 7) is 9.48. The van der Waals surface area contributed by atoms with Crippen molar-refractivity contribution in [3.63, 3.8) is 0 Å². The normalized spacial score (nSPS) is 24.4. The third kappa shape index (κ3) is 7.11. The van der Waals surface area contributed by atoms with Crippen LogP contribution < -0.4 is 10.6 Å². The minimum Gasteiger partial charge on any atom is -0.379 e. The van der Waals surface area contributed by atoms with Crippen molar-refractivity contribution < 1.29 is 14.3 Å². The van der Waals surface area contributed by atoms with Gasteiger partial charge in [0.1, 0.15) is 6.10 Å². The average Bonchev–Trinajstić information content (AvgIpc) is 2.37. The lowest BCUT2D eigenvalue weighted by Gasteiger charge is -2.31. The van der Waals surface area contributed by atoms with Gasteiger partial charge in [0.05, 0.1) is 13.2 Å². The van der Waals surface area contributed by atoms with Crippen molar-refractivity contribution in [3.05, 3.63) is 0 Å². The van der Waals surface area contributed by atoms with E-state index in [4.69, 9.17) is 9.47 Å². The summed E-state index contributed by atoms with van der Waals surface area (Å²) in [6, 6.07) is 0.261. The summed E-state index contributed by atoms with van der Waals surface area (Å²) in [5, 5.41) is 6.38. The van der Waals surface area contributed by atoms with Crippen molar-refractivity contribution in [2.75, 3.05) is 32.9 Å². The van der Waals surface area contributed by atoms with Crippen LogP contribution in [0.25, 0.3) is 0 Å². The first-order valence-electron chi connectivity index (χ1n) is 6.85. The lowest BCUT2D eigenvalue weighted by molar-refractivity contribution is -0.133. The van der Waals surface area contributed by atoms with Gasteiger partial charge in [-0.15, -0.1) is 12.4 Å². The summed E-state index contributed by atoms with van der Waals surface area (Å²) in [5.41, 5.74) is 0. The highest BCUT2D eigenvalue weighted by Crippen LogP contribution is 2.10. The van der Waals surface area contributed by atoms with E-state index in [0.29, 0.717) is 25.7 Å². The van der Waals surface area contributed by atoms with Gasteiger partial charge in [-0.05, 0) is 39.3 Å². The number of piperidine rings is 1. The number of rotatable bonds is 7. The second-order valence-corrected chi connectivity index (χ2v) is 4.80. The molecule has 0 aromatic rings. The van der Waals surface area contributed by atoms with Crippen LogP contribution in [-0.2, 0) is 14.3 Å². The number of hydrogen-bond donors (Lipinski definition) is 2. The van der Waals surface area contributed by atoms with Gasteiger partial charge in [-0.3, -0.25) is 4.79 Å². The van der Waals surface area contributed by atoms with Crippen molar-refractivity contribution >= 4 is 18.3 Å².